The molecule has 4 heterocycles. The van der Waals surface area contributed by atoms with Crippen molar-refractivity contribution >= 4 is 11.3 Å². The van der Waals surface area contributed by atoms with Gasteiger partial charge in [0.05, 0.1) is 12.0 Å². The maximum absolute atomic E-state index is 12.3. The Hall–Kier alpha value is -2.18. The second-order valence-electron chi connectivity index (χ2n) is 5.87. The molecule has 0 bridgehead atoms. The van der Waals surface area contributed by atoms with Gasteiger partial charge in [0.1, 0.15) is 0 Å². The third-order valence-electron chi connectivity index (χ3n) is 4.07. The third-order valence-corrected chi connectivity index (χ3v) is 5.11. The summed E-state index contributed by atoms with van der Waals surface area (Å²) in [6, 6.07) is 5.82. The quantitative estimate of drug-likeness (QED) is 0.803. The first-order valence-electron chi connectivity index (χ1n) is 7.61. The first kappa shape index (κ1) is 14.4. The second-order valence-corrected chi connectivity index (χ2v) is 6.86. The Labute approximate surface area is 137 Å². The topological polar surface area (TPSA) is 62.1 Å². The molecule has 1 N–H and O–H groups in total. The second kappa shape index (κ2) is 5.79. The molecule has 0 aromatic carbocycles. The van der Waals surface area contributed by atoms with Crippen LogP contribution in [0.15, 0.2) is 39.1 Å². The van der Waals surface area contributed by atoms with Crippen molar-refractivity contribution in [2.24, 2.45) is 0 Å². The van der Waals surface area contributed by atoms with Crippen LogP contribution >= 0.6 is 11.3 Å². The zero-order valence-corrected chi connectivity index (χ0v) is 13.7. The van der Waals surface area contributed by atoms with E-state index >= 15 is 0 Å². The summed E-state index contributed by atoms with van der Waals surface area (Å²) in [6.45, 7) is 4.60. The molecule has 0 spiro atoms. The number of aromatic amines is 1. The average molecular weight is 327 g/mol. The van der Waals surface area contributed by atoms with Crippen molar-refractivity contribution in [3.05, 3.63) is 61.9 Å². The lowest BCUT2D eigenvalue weighted by molar-refractivity contribution is 0.242. The molecule has 3 aromatic rings. The highest BCUT2D eigenvalue weighted by molar-refractivity contribution is 7.10. The Kier molecular flexibility index (Phi) is 3.63. The predicted octanol–water partition coefficient (Wildman–Crippen LogP) is 2.96. The van der Waals surface area contributed by atoms with Crippen molar-refractivity contribution in [2.45, 2.75) is 26.4 Å². The first-order chi connectivity index (χ1) is 11.2. The fourth-order valence-electron chi connectivity index (χ4n) is 2.95. The maximum Gasteiger partial charge on any atom is 0.254 e. The van der Waals surface area contributed by atoms with Crippen LogP contribution in [0.4, 0.5) is 0 Å². The van der Waals surface area contributed by atoms with Crippen molar-refractivity contribution in [3.8, 4) is 11.6 Å². The number of nitrogens with one attached hydrogen (secondary N) is 1. The van der Waals surface area contributed by atoms with Gasteiger partial charge in [0.2, 0.25) is 0 Å². The van der Waals surface area contributed by atoms with Gasteiger partial charge in [-0.2, -0.15) is 0 Å². The largest absolute Gasteiger partial charge is 0.461 e. The Balaban J connectivity index is 1.61. The zero-order chi connectivity index (χ0) is 15.8. The number of fused-ring (bicyclic) bond motifs is 1. The standard InChI is InChI=1S/C17H17N3O2S/c1-11-7-12(23-10-11)8-20-5-4-13-14(9-20)18-16(19-17(13)21)15-3-2-6-22-15/h2-3,6-7,10H,4-5,8-9H2,1H3,(H,18,19,21). The molecule has 0 unspecified atom stereocenters. The molecule has 1 aliphatic rings. The Morgan fingerprint density at radius 1 is 1.48 bits per heavy atom. The molecule has 1 aliphatic heterocycles. The van der Waals surface area contributed by atoms with E-state index < -0.39 is 0 Å². The van der Waals surface area contributed by atoms with Gasteiger partial charge in [-0.15, -0.1) is 11.3 Å². The summed E-state index contributed by atoms with van der Waals surface area (Å²) in [6.07, 6.45) is 2.32. The Morgan fingerprint density at radius 3 is 3.13 bits per heavy atom. The molecular formula is C17H17N3O2S. The van der Waals surface area contributed by atoms with Crippen molar-refractivity contribution in [3.63, 3.8) is 0 Å². The van der Waals surface area contributed by atoms with Crippen LogP contribution in [0.25, 0.3) is 11.6 Å². The van der Waals surface area contributed by atoms with Crippen LogP contribution in [0.2, 0.25) is 0 Å². The highest BCUT2D eigenvalue weighted by Crippen LogP contribution is 2.22. The van der Waals surface area contributed by atoms with E-state index in [4.69, 9.17) is 4.42 Å². The molecule has 0 radical (unpaired) electrons. The van der Waals surface area contributed by atoms with E-state index in [1.54, 1.807) is 29.7 Å². The van der Waals surface area contributed by atoms with Gasteiger partial charge in [-0.1, -0.05) is 0 Å². The zero-order valence-electron chi connectivity index (χ0n) is 12.8. The minimum atomic E-state index is -0.0481. The number of furan rings is 1. The van der Waals surface area contributed by atoms with E-state index in [1.165, 1.54) is 10.4 Å². The molecule has 0 aliphatic carbocycles. The van der Waals surface area contributed by atoms with Crippen molar-refractivity contribution in [1.82, 2.24) is 14.9 Å². The lowest BCUT2D eigenvalue weighted by Crippen LogP contribution is -2.34. The number of hydrogen-bond donors (Lipinski definition) is 1. The molecule has 0 atom stereocenters. The molecule has 3 aromatic heterocycles. The summed E-state index contributed by atoms with van der Waals surface area (Å²) in [5.41, 5.74) is 2.92. The molecule has 0 fully saturated rings. The van der Waals surface area contributed by atoms with Gasteiger partial charge < -0.3 is 9.40 Å². The molecule has 6 heteroatoms. The van der Waals surface area contributed by atoms with E-state index in [0.29, 0.717) is 18.1 Å². The number of H-pyrrole nitrogens is 1. The number of aromatic nitrogens is 2. The molecule has 0 saturated carbocycles. The number of nitrogens with zero attached hydrogens (tertiary/aromatic N) is 2. The minimum absolute atomic E-state index is 0.0481. The monoisotopic (exact) mass is 327 g/mol. The number of hydrogen-bond acceptors (Lipinski definition) is 5. The number of rotatable bonds is 3. The predicted molar refractivity (Wildman–Crippen MR) is 89.4 cm³/mol. The van der Waals surface area contributed by atoms with Gasteiger partial charge in [-0.3, -0.25) is 9.69 Å². The molecule has 5 nitrogen and oxygen atoms in total. The summed E-state index contributed by atoms with van der Waals surface area (Å²) < 4.78 is 5.35. The van der Waals surface area contributed by atoms with Gasteiger partial charge >= 0.3 is 0 Å². The fourth-order valence-corrected chi connectivity index (χ4v) is 3.87. The van der Waals surface area contributed by atoms with Crippen LogP contribution in [-0.2, 0) is 19.5 Å². The number of thiophene rings is 1. The van der Waals surface area contributed by atoms with E-state index in [1.807, 2.05) is 0 Å². The third kappa shape index (κ3) is 2.87. The highest BCUT2D eigenvalue weighted by atomic mass is 32.1. The molecule has 0 amide bonds. The van der Waals surface area contributed by atoms with Crippen LogP contribution in [0.3, 0.4) is 0 Å². The highest BCUT2D eigenvalue weighted by Gasteiger charge is 2.22. The molecule has 118 valence electrons. The van der Waals surface area contributed by atoms with Gasteiger partial charge in [0, 0.05) is 30.1 Å². The van der Waals surface area contributed by atoms with E-state index in [-0.39, 0.29) is 5.56 Å². The van der Waals surface area contributed by atoms with Crippen molar-refractivity contribution in [2.75, 3.05) is 6.54 Å². The molecule has 0 saturated heterocycles. The summed E-state index contributed by atoms with van der Waals surface area (Å²) in [7, 11) is 0. The summed E-state index contributed by atoms with van der Waals surface area (Å²) >= 11 is 1.78. The van der Waals surface area contributed by atoms with Gasteiger partial charge in [-0.05, 0) is 42.5 Å². The first-order valence-corrected chi connectivity index (χ1v) is 8.49. The Morgan fingerprint density at radius 2 is 2.39 bits per heavy atom. The van der Waals surface area contributed by atoms with Gasteiger partial charge in [0.25, 0.3) is 5.56 Å². The maximum atomic E-state index is 12.3. The molecule has 23 heavy (non-hydrogen) atoms. The van der Waals surface area contributed by atoms with Crippen LogP contribution in [0.1, 0.15) is 21.7 Å². The fraction of sp³-hybridized carbons (Fsp3) is 0.294. The lowest BCUT2D eigenvalue weighted by Gasteiger charge is -2.27. The summed E-state index contributed by atoms with van der Waals surface area (Å²) in [4.78, 5) is 23.4. The van der Waals surface area contributed by atoms with E-state index in [0.717, 1.165) is 30.8 Å². The minimum Gasteiger partial charge on any atom is -0.461 e. The van der Waals surface area contributed by atoms with Gasteiger partial charge in [0.15, 0.2) is 11.6 Å². The Bertz CT molecular complexity index is 880. The van der Waals surface area contributed by atoms with Crippen LogP contribution in [0.5, 0.6) is 0 Å². The van der Waals surface area contributed by atoms with Crippen molar-refractivity contribution in [1.29, 1.82) is 0 Å². The number of aryl methyl sites for hydroxylation is 1. The van der Waals surface area contributed by atoms with E-state index in [9.17, 15) is 4.79 Å². The van der Waals surface area contributed by atoms with E-state index in [2.05, 4.69) is 33.2 Å². The van der Waals surface area contributed by atoms with Crippen LogP contribution < -0.4 is 5.56 Å². The van der Waals surface area contributed by atoms with Crippen LogP contribution in [-0.4, -0.2) is 21.4 Å². The normalized spacial score (nSPS) is 14.8. The molecular weight excluding hydrogens is 310 g/mol. The SMILES string of the molecule is Cc1csc(CN2CCc3c(nc(-c4ccco4)[nH]c3=O)C2)c1. The summed E-state index contributed by atoms with van der Waals surface area (Å²) in [5, 5.41) is 2.17. The van der Waals surface area contributed by atoms with Gasteiger partial charge in [-0.25, -0.2) is 4.98 Å². The smallest absolute Gasteiger partial charge is 0.254 e. The summed E-state index contributed by atoms with van der Waals surface area (Å²) in [5.74, 6) is 1.10. The van der Waals surface area contributed by atoms with Crippen molar-refractivity contribution < 1.29 is 4.42 Å². The van der Waals surface area contributed by atoms with Crippen LogP contribution in [0, 0.1) is 6.92 Å². The average Bonchev–Trinajstić information content (AvgIpc) is 3.19. The molecule has 4 rings (SSSR count). The lowest BCUT2D eigenvalue weighted by atomic mass is 10.1.